The second-order valence-corrected chi connectivity index (χ2v) is 0. The van der Waals surface area contributed by atoms with Gasteiger partial charge in [0.1, 0.15) is 0 Å². The Bertz CT molecular complexity index is 8.00. The summed E-state index contributed by atoms with van der Waals surface area (Å²) in [4.78, 5) is 0. The molecule has 4 heavy (non-hydrogen) atoms. The van der Waals surface area contributed by atoms with Crippen molar-refractivity contribution in [2.45, 2.75) is 0 Å². The van der Waals surface area contributed by atoms with Crippen LogP contribution in [0.2, 0.25) is 0 Å². The molecule has 0 saturated heterocycles. The fraction of sp³-hybridized carbons (Fsp3) is 0. The van der Waals surface area contributed by atoms with Crippen LogP contribution in [0.15, 0.2) is 0 Å². The molecule has 0 atom stereocenters. The van der Waals surface area contributed by atoms with Gasteiger partial charge in [-0.2, -0.15) is 0 Å². The Morgan fingerprint density at radius 1 is 1.25 bits per heavy atom. The van der Waals surface area contributed by atoms with Crippen LogP contribution in [0, 0.1) is 0 Å². The average Bonchev–Trinajstić information content (AvgIpc) is 1.00. The Labute approximate surface area is 54.1 Å². The fourth-order valence-corrected chi connectivity index (χ4v) is 0. The molecule has 0 aromatic heterocycles. The van der Waals surface area contributed by atoms with Crippen molar-refractivity contribution < 1.29 is 36.8 Å². The molecule has 0 saturated carbocycles. The van der Waals surface area contributed by atoms with E-state index in [1.54, 1.807) is 0 Å². The third-order valence-corrected chi connectivity index (χ3v) is 0. The van der Waals surface area contributed by atoms with E-state index in [9.17, 15) is 0 Å². The quantitative estimate of drug-likeness (QED) is 0.399. The Balaban J connectivity index is -0.00000000500. The summed E-state index contributed by atoms with van der Waals surface area (Å²) in [5.41, 5.74) is 0. The van der Waals surface area contributed by atoms with Crippen molar-refractivity contribution in [1.29, 1.82) is 0 Å². The Morgan fingerprint density at radius 2 is 1.25 bits per heavy atom. The summed E-state index contributed by atoms with van der Waals surface area (Å²) in [6.07, 6.45) is 0. The molecule has 0 fully saturated rings. The summed E-state index contributed by atoms with van der Waals surface area (Å²) >= 11 is 1.38. The molecule has 0 aromatic carbocycles. The van der Waals surface area contributed by atoms with Gasteiger partial charge in [-0.15, -0.1) is 0 Å². The molecule has 0 aliphatic rings. The van der Waals surface area contributed by atoms with Gasteiger partial charge in [-0.25, -0.2) is 0 Å². The normalized spacial score (nSPS) is 1.00. The van der Waals surface area contributed by atoms with Crippen molar-refractivity contribution >= 4 is 17.4 Å². The summed E-state index contributed by atoms with van der Waals surface area (Å²) in [5.74, 6) is 0. The van der Waals surface area contributed by atoms with Gasteiger partial charge in [0.15, 0.2) is 17.4 Å². The molecule has 0 amide bonds. The van der Waals surface area contributed by atoms with E-state index >= 15 is 0 Å². The maximum absolute atomic E-state index is 8.12. The van der Waals surface area contributed by atoms with E-state index in [-0.39, 0.29) is 34.1 Å². The number of hydrogen-bond acceptors (Lipinski definition) is 1. The predicted molar refractivity (Wildman–Crippen MR) is 10.6 cm³/mol. The van der Waals surface area contributed by atoms with Crippen LogP contribution in [-0.4, -0.2) is 17.4 Å². The Morgan fingerprint density at radius 3 is 1.25 bits per heavy atom. The molecule has 0 N–H and O–H groups in total. The topological polar surface area (TPSA) is 17.1 Å². The van der Waals surface area contributed by atoms with Crippen molar-refractivity contribution in [2.24, 2.45) is 0 Å². The maximum atomic E-state index is 8.12. The van der Waals surface area contributed by atoms with Crippen LogP contribution in [0.5, 0.6) is 0 Å². The molecule has 1 nitrogen and oxygen atoms in total. The summed E-state index contributed by atoms with van der Waals surface area (Å²) in [6.45, 7) is 0. The van der Waals surface area contributed by atoms with E-state index in [0.717, 1.165) is 0 Å². The molecular weight excluding hydrogens is 154 g/mol. The van der Waals surface area contributed by atoms with Crippen molar-refractivity contribution in [3.8, 4) is 0 Å². The van der Waals surface area contributed by atoms with Crippen LogP contribution in [0.1, 0.15) is 0 Å². The summed E-state index contributed by atoms with van der Waals surface area (Å²) in [6, 6.07) is 0. The minimum atomic E-state index is 0. The van der Waals surface area contributed by atoms with Crippen LogP contribution in [0.25, 0.3) is 0 Å². The van der Waals surface area contributed by atoms with Gasteiger partial charge < -0.3 is 0 Å². The average molecular weight is 157 g/mol. The molecule has 0 aliphatic carbocycles. The Kier molecular flexibility index (Phi) is 121. The monoisotopic (exact) mass is 157 g/mol. The van der Waals surface area contributed by atoms with Crippen LogP contribution < -0.4 is 0 Å². The summed E-state index contributed by atoms with van der Waals surface area (Å²) < 4.78 is 8.12. The van der Waals surface area contributed by atoms with Crippen LogP contribution in [0.4, 0.5) is 0 Å². The molecule has 1 radical (unpaired) electrons. The third-order valence-electron chi connectivity index (χ3n) is 0. The fourth-order valence-electron chi connectivity index (χ4n) is 0. The van der Waals surface area contributed by atoms with Gasteiger partial charge in [-0.1, -0.05) is 0 Å². The zero-order valence-electron chi connectivity index (χ0n) is 1.15. The summed E-state index contributed by atoms with van der Waals surface area (Å²) in [7, 11) is 0. The molecule has 4 heteroatoms. The second-order valence-electron chi connectivity index (χ2n) is 0. The van der Waals surface area contributed by atoms with Gasteiger partial charge in [-0.05, 0) is 0 Å². The number of rotatable bonds is 0. The predicted octanol–water partition coefficient (Wildman–Crippen LogP) is -1.31. The van der Waals surface area contributed by atoms with E-state index < -0.39 is 0 Å². The zero-order valence-corrected chi connectivity index (χ0v) is 3.47. The first kappa shape index (κ1) is 18.3. The van der Waals surface area contributed by atoms with Gasteiger partial charge in [0.05, 0.1) is 0 Å². The molecule has 27 valence electrons. The van der Waals surface area contributed by atoms with Gasteiger partial charge in [0, 0.05) is 16.8 Å². The third kappa shape index (κ3) is 10.1. The van der Waals surface area contributed by atoms with Crippen molar-refractivity contribution in [3.63, 3.8) is 0 Å². The molecule has 0 heterocycles. The Hall–Kier alpha value is 1.37. The SMILES string of the molecule is [AlH3].[Co].[O]=[Cr]. The molecule has 0 aromatic rings. The molecule has 0 aliphatic heterocycles. The second kappa shape index (κ2) is 26.4. The van der Waals surface area contributed by atoms with Gasteiger partial charge >= 0.3 is 20.0 Å². The van der Waals surface area contributed by atoms with E-state index in [1.807, 2.05) is 0 Å². The first-order valence-electron chi connectivity index (χ1n) is 0.167. The van der Waals surface area contributed by atoms with Gasteiger partial charge in [0.25, 0.3) is 0 Å². The van der Waals surface area contributed by atoms with Crippen molar-refractivity contribution in [3.05, 3.63) is 0 Å². The zero-order chi connectivity index (χ0) is 2.00. The van der Waals surface area contributed by atoms with E-state index in [1.165, 1.54) is 16.2 Å². The molecule has 0 rings (SSSR count). The molecule has 0 unspecified atom stereocenters. The van der Waals surface area contributed by atoms with E-state index in [0.29, 0.717) is 0 Å². The van der Waals surface area contributed by atoms with Gasteiger partial charge in [-0.3, -0.25) is 0 Å². The first-order valence-corrected chi connectivity index (χ1v) is 0.687. The standard InChI is InChI=1S/Al.Co.Cr.O.3H. The number of hydrogen-bond donors (Lipinski definition) is 0. The van der Waals surface area contributed by atoms with Crippen LogP contribution in [-0.2, 0) is 36.8 Å². The molecule has 0 spiro atoms. The van der Waals surface area contributed by atoms with E-state index in [2.05, 4.69) is 0 Å². The summed E-state index contributed by atoms with van der Waals surface area (Å²) in [5, 5.41) is 0. The molecular formula is H3AlCoCrO. The minimum absolute atomic E-state index is 0. The first-order chi connectivity index (χ1) is 1.00. The van der Waals surface area contributed by atoms with E-state index in [4.69, 9.17) is 3.80 Å². The van der Waals surface area contributed by atoms with Crippen LogP contribution >= 0.6 is 0 Å². The van der Waals surface area contributed by atoms with Crippen molar-refractivity contribution in [2.75, 3.05) is 0 Å². The van der Waals surface area contributed by atoms with Gasteiger partial charge in [0.2, 0.25) is 0 Å². The van der Waals surface area contributed by atoms with Crippen molar-refractivity contribution in [1.82, 2.24) is 0 Å². The molecule has 0 bridgehead atoms. The van der Waals surface area contributed by atoms with Crippen LogP contribution in [0.3, 0.4) is 0 Å².